The zero-order valence-electron chi connectivity index (χ0n) is 12.2. The largest absolute Gasteiger partial charge is 0.320 e. The zero-order valence-corrected chi connectivity index (χ0v) is 14.6. The molecule has 9 heteroatoms. The number of carbonyl (C=O) groups is 1. The number of halogens is 1. The first kappa shape index (κ1) is 18.8. The van der Waals surface area contributed by atoms with Gasteiger partial charge in [0.25, 0.3) is 0 Å². The van der Waals surface area contributed by atoms with Gasteiger partial charge in [-0.15, -0.1) is 12.4 Å². The van der Waals surface area contributed by atoms with Crippen LogP contribution in [0, 0.1) is 6.92 Å². The van der Waals surface area contributed by atoms with Crippen molar-refractivity contribution in [2.24, 2.45) is 5.73 Å². The van der Waals surface area contributed by atoms with Gasteiger partial charge in [0.05, 0.1) is 22.0 Å². The molecule has 0 spiro atoms. The predicted molar refractivity (Wildman–Crippen MR) is 92.5 cm³/mol. The number of sulfone groups is 1. The lowest BCUT2D eigenvalue weighted by atomic mass is 10.2. The molecule has 1 atom stereocenters. The van der Waals surface area contributed by atoms with Crippen molar-refractivity contribution in [3.05, 3.63) is 23.8 Å². The lowest BCUT2D eigenvalue weighted by Gasteiger charge is -2.09. The molecule has 0 saturated heterocycles. The van der Waals surface area contributed by atoms with Gasteiger partial charge in [0, 0.05) is 6.26 Å². The Morgan fingerprint density at radius 2 is 2.14 bits per heavy atom. The molecular weight excluding hydrogens is 346 g/mol. The number of aromatic nitrogens is 1. The van der Waals surface area contributed by atoms with Crippen molar-refractivity contribution >= 4 is 54.8 Å². The highest BCUT2D eigenvalue weighted by Crippen LogP contribution is 2.27. The molecule has 0 radical (unpaired) electrons. The van der Waals surface area contributed by atoms with Crippen molar-refractivity contribution in [2.45, 2.75) is 19.4 Å². The van der Waals surface area contributed by atoms with Crippen molar-refractivity contribution in [2.75, 3.05) is 17.3 Å². The first-order valence-corrected chi connectivity index (χ1v) is 9.24. The monoisotopic (exact) mass is 363 g/mol. The number of thiazole rings is 1. The van der Waals surface area contributed by atoms with E-state index in [9.17, 15) is 13.2 Å². The number of rotatable bonds is 5. The van der Waals surface area contributed by atoms with Gasteiger partial charge in [-0.2, -0.15) is 0 Å². The van der Waals surface area contributed by atoms with Gasteiger partial charge in [-0.1, -0.05) is 23.5 Å². The van der Waals surface area contributed by atoms with E-state index in [0.717, 1.165) is 22.0 Å². The first-order valence-electron chi connectivity index (χ1n) is 6.36. The van der Waals surface area contributed by atoms with Crippen LogP contribution < -0.4 is 11.1 Å². The molecule has 1 aromatic carbocycles. The second kappa shape index (κ2) is 7.36. The van der Waals surface area contributed by atoms with Gasteiger partial charge < -0.3 is 11.1 Å². The van der Waals surface area contributed by atoms with Gasteiger partial charge in [0.2, 0.25) is 5.91 Å². The molecular formula is C13H18ClN3O3S2. The van der Waals surface area contributed by atoms with Crippen molar-refractivity contribution in [1.82, 2.24) is 4.98 Å². The number of nitrogens with two attached hydrogens (primary N) is 1. The van der Waals surface area contributed by atoms with Gasteiger partial charge in [-0.05, 0) is 25.0 Å². The van der Waals surface area contributed by atoms with Crippen LogP contribution >= 0.6 is 23.7 Å². The second-order valence-corrected chi connectivity index (χ2v) is 8.25. The highest BCUT2D eigenvalue weighted by Gasteiger charge is 2.17. The lowest BCUT2D eigenvalue weighted by molar-refractivity contribution is -0.117. The molecule has 0 bridgehead atoms. The Kier molecular flexibility index (Phi) is 6.30. The van der Waals surface area contributed by atoms with Crippen molar-refractivity contribution in [3.63, 3.8) is 0 Å². The normalized spacial score (nSPS) is 12.7. The number of anilines is 1. The number of aryl methyl sites for hydroxylation is 1. The predicted octanol–water partition coefficient (Wildman–Crippen LogP) is 1.73. The highest BCUT2D eigenvalue weighted by atomic mass is 35.5. The minimum atomic E-state index is -3.12. The van der Waals surface area contributed by atoms with Crippen LogP contribution in [0.1, 0.15) is 12.0 Å². The summed E-state index contributed by atoms with van der Waals surface area (Å²) in [5.74, 6) is -0.532. The van der Waals surface area contributed by atoms with E-state index in [2.05, 4.69) is 10.3 Å². The number of nitrogens with zero attached hydrogens (tertiary/aromatic N) is 1. The van der Waals surface area contributed by atoms with Crippen molar-refractivity contribution < 1.29 is 13.2 Å². The maximum atomic E-state index is 11.9. The Morgan fingerprint density at radius 1 is 1.45 bits per heavy atom. The zero-order chi connectivity index (χ0) is 15.6. The summed E-state index contributed by atoms with van der Waals surface area (Å²) in [6.45, 7) is 1.95. The third-order valence-corrected chi connectivity index (χ3v) is 4.90. The molecule has 2 rings (SSSR count). The number of para-hydroxylation sites is 1. The molecule has 1 unspecified atom stereocenters. The molecule has 0 aliphatic carbocycles. The summed E-state index contributed by atoms with van der Waals surface area (Å²) in [5, 5.41) is 3.11. The number of carbonyl (C=O) groups excluding carboxylic acids is 1. The number of nitrogens with one attached hydrogen (secondary N) is 1. The van der Waals surface area contributed by atoms with E-state index in [-0.39, 0.29) is 24.6 Å². The van der Waals surface area contributed by atoms with E-state index in [4.69, 9.17) is 5.73 Å². The Bertz CT molecular complexity index is 774. The summed E-state index contributed by atoms with van der Waals surface area (Å²) >= 11 is 1.36. The van der Waals surface area contributed by atoms with Gasteiger partial charge >= 0.3 is 0 Å². The van der Waals surface area contributed by atoms with Crippen LogP contribution in [0.2, 0.25) is 0 Å². The smallest absolute Gasteiger partial charge is 0.243 e. The minimum Gasteiger partial charge on any atom is -0.320 e. The Labute approximate surface area is 139 Å². The van der Waals surface area contributed by atoms with E-state index < -0.39 is 21.8 Å². The summed E-state index contributed by atoms with van der Waals surface area (Å²) in [5.41, 5.74) is 7.58. The average molecular weight is 364 g/mol. The molecule has 1 amide bonds. The third-order valence-electron chi connectivity index (χ3n) is 2.99. The van der Waals surface area contributed by atoms with Crippen LogP contribution in [0.3, 0.4) is 0 Å². The van der Waals surface area contributed by atoms with Crippen LogP contribution in [-0.4, -0.2) is 37.4 Å². The summed E-state index contributed by atoms with van der Waals surface area (Å²) in [4.78, 5) is 16.3. The molecule has 122 valence electrons. The average Bonchev–Trinajstić information content (AvgIpc) is 2.79. The fourth-order valence-corrected chi connectivity index (χ4v) is 3.44. The standard InChI is InChI=1S/C13H17N3O3S2.ClH/c1-8-4-3-5-10-11(8)15-13(20-10)16-12(17)9(14)6-7-21(2,18)19;/h3-5,9H,6-7,14H2,1-2H3,(H,15,16,17);1H. The Hall–Kier alpha value is -1.22. The maximum absolute atomic E-state index is 11.9. The van der Waals surface area contributed by atoms with E-state index in [0.29, 0.717) is 5.13 Å². The van der Waals surface area contributed by atoms with E-state index >= 15 is 0 Å². The summed E-state index contributed by atoms with van der Waals surface area (Å²) < 4.78 is 23.1. The SMILES string of the molecule is Cc1cccc2sc(NC(=O)C(N)CCS(C)(=O)=O)nc12.Cl. The van der Waals surface area contributed by atoms with Crippen LogP contribution in [0.5, 0.6) is 0 Å². The van der Waals surface area contributed by atoms with E-state index in [1.807, 2.05) is 25.1 Å². The van der Waals surface area contributed by atoms with Gasteiger partial charge in [-0.25, -0.2) is 13.4 Å². The molecule has 6 nitrogen and oxygen atoms in total. The molecule has 0 saturated carbocycles. The second-order valence-electron chi connectivity index (χ2n) is 4.95. The van der Waals surface area contributed by atoms with Gasteiger partial charge in [-0.3, -0.25) is 4.79 Å². The highest BCUT2D eigenvalue weighted by molar-refractivity contribution is 7.90. The van der Waals surface area contributed by atoms with Crippen LogP contribution in [0.4, 0.5) is 5.13 Å². The molecule has 1 heterocycles. The van der Waals surface area contributed by atoms with Gasteiger partial charge in [0.15, 0.2) is 5.13 Å². The molecule has 22 heavy (non-hydrogen) atoms. The van der Waals surface area contributed by atoms with Crippen molar-refractivity contribution in [1.29, 1.82) is 0 Å². The lowest BCUT2D eigenvalue weighted by Crippen LogP contribution is -2.37. The van der Waals surface area contributed by atoms with Crippen LogP contribution in [0.25, 0.3) is 10.2 Å². The Morgan fingerprint density at radius 3 is 2.73 bits per heavy atom. The molecule has 1 aromatic heterocycles. The molecule has 0 aliphatic rings. The summed E-state index contributed by atoms with van der Waals surface area (Å²) in [6, 6.07) is 4.94. The fraction of sp³-hybridized carbons (Fsp3) is 0.385. The Balaban J connectivity index is 0.00000242. The number of amides is 1. The molecule has 3 N–H and O–H groups in total. The number of hydrogen-bond acceptors (Lipinski definition) is 6. The van der Waals surface area contributed by atoms with E-state index in [1.54, 1.807) is 0 Å². The maximum Gasteiger partial charge on any atom is 0.243 e. The number of hydrogen-bond donors (Lipinski definition) is 2. The topological polar surface area (TPSA) is 102 Å². The number of benzene rings is 1. The van der Waals surface area contributed by atoms with Crippen molar-refractivity contribution in [3.8, 4) is 0 Å². The minimum absolute atomic E-state index is 0. The molecule has 0 aliphatic heterocycles. The number of fused-ring (bicyclic) bond motifs is 1. The quantitative estimate of drug-likeness (QED) is 0.842. The van der Waals surface area contributed by atoms with Crippen LogP contribution in [-0.2, 0) is 14.6 Å². The first-order chi connectivity index (χ1) is 9.76. The third kappa shape index (κ3) is 4.91. The molecule has 0 fully saturated rings. The summed E-state index contributed by atoms with van der Waals surface area (Å²) in [7, 11) is -3.12. The molecule has 2 aromatic rings. The van der Waals surface area contributed by atoms with Gasteiger partial charge in [0.1, 0.15) is 9.84 Å². The van der Waals surface area contributed by atoms with Crippen LogP contribution in [0.15, 0.2) is 18.2 Å². The fourth-order valence-electron chi connectivity index (χ4n) is 1.81. The summed E-state index contributed by atoms with van der Waals surface area (Å²) in [6.07, 6.45) is 1.21. The van der Waals surface area contributed by atoms with E-state index in [1.165, 1.54) is 11.3 Å².